The summed E-state index contributed by atoms with van der Waals surface area (Å²) in [7, 11) is 0. The third-order valence-electron chi connectivity index (χ3n) is 4.54. The Balaban J connectivity index is 1.36. The van der Waals surface area contributed by atoms with Crippen molar-refractivity contribution in [1.82, 2.24) is 9.88 Å². The van der Waals surface area contributed by atoms with Crippen LogP contribution in [0.2, 0.25) is 0 Å². The number of aliphatic hydroxyl groups excluding tert-OH is 1. The van der Waals surface area contributed by atoms with Crippen LogP contribution in [-0.4, -0.2) is 47.7 Å². The van der Waals surface area contributed by atoms with Crippen LogP contribution in [0.4, 0.5) is 6.01 Å². The van der Waals surface area contributed by atoms with Gasteiger partial charge in [-0.1, -0.05) is 42.5 Å². The highest BCUT2D eigenvalue weighted by Gasteiger charge is 2.22. The summed E-state index contributed by atoms with van der Waals surface area (Å²) in [5.41, 5.74) is 2.70. The number of anilines is 1. The molecule has 2 aromatic carbocycles. The predicted molar refractivity (Wildman–Crippen MR) is 94.1 cm³/mol. The number of piperazine rings is 1. The van der Waals surface area contributed by atoms with E-state index in [1.54, 1.807) is 0 Å². The van der Waals surface area contributed by atoms with E-state index >= 15 is 0 Å². The minimum atomic E-state index is -0.443. The van der Waals surface area contributed by atoms with Crippen LogP contribution < -0.4 is 4.90 Å². The second-order valence-electron chi connectivity index (χ2n) is 6.18. The maximum absolute atomic E-state index is 10.4. The molecule has 124 valence electrons. The fourth-order valence-electron chi connectivity index (χ4n) is 3.14. The molecule has 2 heterocycles. The van der Waals surface area contributed by atoms with E-state index in [9.17, 15) is 5.11 Å². The van der Waals surface area contributed by atoms with Gasteiger partial charge in [-0.2, -0.15) is 4.98 Å². The van der Waals surface area contributed by atoms with Gasteiger partial charge < -0.3 is 14.4 Å². The lowest BCUT2D eigenvalue weighted by Crippen LogP contribution is -2.47. The third kappa shape index (κ3) is 3.13. The maximum atomic E-state index is 10.4. The molecule has 1 N–H and O–H groups in total. The van der Waals surface area contributed by atoms with Crippen molar-refractivity contribution in [3.05, 3.63) is 60.2 Å². The van der Waals surface area contributed by atoms with E-state index in [1.807, 2.05) is 54.6 Å². The summed E-state index contributed by atoms with van der Waals surface area (Å²) >= 11 is 0. The monoisotopic (exact) mass is 323 g/mol. The van der Waals surface area contributed by atoms with Gasteiger partial charge in [0.25, 0.3) is 6.01 Å². The van der Waals surface area contributed by atoms with Gasteiger partial charge in [0.05, 0.1) is 6.10 Å². The number of nitrogens with zero attached hydrogens (tertiary/aromatic N) is 3. The van der Waals surface area contributed by atoms with Crippen LogP contribution in [-0.2, 0) is 0 Å². The molecule has 1 atom stereocenters. The highest BCUT2D eigenvalue weighted by Crippen LogP contribution is 2.23. The molecule has 24 heavy (non-hydrogen) atoms. The topological polar surface area (TPSA) is 52.7 Å². The second kappa shape index (κ2) is 6.63. The number of benzene rings is 2. The van der Waals surface area contributed by atoms with Gasteiger partial charge in [-0.3, -0.25) is 4.90 Å². The van der Waals surface area contributed by atoms with Crippen molar-refractivity contribution in [2.75, 3.05) is 37.6 Å². The van der Waals surface area contributed by atoms with Gasteiger partial charge in [0.1, 0.15) is 5.52 Å². The van der Waals surface area contributed by atoms with Crippen molar-refractivity contribution >= 4 is 17.1 Å². The highest BCUT2D eigenvalue weighted by atomic mass is 16.4. The quantitative estimate of drug-likeness (QED) is 0.800. The number of rotatable bonds is 4. The van der Waals surface area contributed by atoms with E-state index in [-0.39, 0.29) is 0 Å². The molecular weight excluding hydrogens is 302 g/mol. The normalized spacial score (nSPS) is 17.3. The van der Waals surface area contributed by atoms with Crippen molar-refractivity contribution in [2.24, 2.45) is 0 Å². The maximum Gasteiger partial charge on any atom is 0.298 e. The Hall–Kier alpha value is -2.37. The van der Waals surface area contributed by atoms with E-state index in [2.05, 4.69) is 14.8 Å². The molecule has 5 nitrogen and oxygen atoms in total. The molecule has 1 saturated heterocycles. The first-order valence-electron chi connectivity index (χ1n) is 8.35. The number of β-amino-alcohol motifs (C(OH)–C–C–N with tert-alkyl or cyclic N) is 1. The van der Waals surface area contributed by atoms with Gasteiger partial charge in [-0.25, -0.2) is 0 Å². The number of aromatic nitrogens is 1. The van der Waals surface area contributed by atoms with Crippen molar-refractivity contribution in [1.29, 1.82) is 0 Å². The molecule has 4 rings (SSSR count). The van der Waals surface area contributed by atoms with E-state index in [0.717, 1.165) is 42.8 Å². The summed E-state index contributed by atoms with van der Waals surface area (Å²) in [6.07, 6.45) is -0.443. The van der Waals surface area contributed by atoms with Crippen LogP contribution in [0.1, 0.15) is 11.7 Å². The highest BCUT2D eigenvalue weighted by molar-refractivity contribution is 5.74. The van der Waals surface area contributed by atoms with E-state index in [4.69, 9.17) is 4.42 Å². The standard InChI is InChI=1S/C19H21N3O2/c23-17(15-6-2-1-3-7-15)14-21-10-12-22(13-11-21)19-20-16-8-4-5-9-18(16)24-19/h1-9,17,23H,10-14H2. The molecule has 1 fully saturated rings. The van der Waals surface area contributed by atoms with Crippen LogP contribution in [0.25, 0.3) is 11.1 Å². The van der Waals surface area contributed by atoms with Gasteiger partial charge in [0.2, 0.25) is 0 Å². The van der Waals surface area contributed by atoms with Gasteiger partial charge in [-0.15, -0.1) is 0 Å². The van der Waals surface area contributed by atoms with Gasteiger partial charge in [-0.05, 0) is 17.7 Å². The van der Waals surface area contributed by atoms with Gasteiger partial charge in [0, 0.05) is 32.7 Å². The second-order valence-corrected chi connectivity index (χ2v) is 6.18. The molecule has 0 spiro atoms. The average Bonchev–Trinajstić information content (AvgIpc) is 3.07. The Morgan fingerprint density at radius 3 is 2.42 bits per heavy atom. The lowest BCUT2D eigenvalue weighted by molar-refractivity contribution is 0.109. The SMILES string of the molecule is OC(CN1CCN(c2nc3ccccc3o2)CC1)c1ccccc1. The van der Waals surface area contributed by atoms with Crippen molar-refractivity contribution in [3.63, 3.8) is 0 Å². The predicted octanol–water partition coefficient (Wildman–Crippen LogP) is 2.68. The summed E-state index contributed by atoms with van der Waals surface area (Å²) in [5.74, 6) is 0. The molecule has 5 heteroatoms. The number of hydrogen-bond acceptors (Lipinski definition) is 5. The summed E-state index contributed by atoms with van der Waals surface area (Å²) in [5, 5.41) is 10.4. The minimum absolute atomic E-state index is 0.443. The summed E-state index contributed by atoms with van der Waals surface area (Å²) in [6.45, 7) is 4.15. The van der Waals surface area contributed by atoms with E-state index in [0.29, 0.717) is 12.6 Å². The molecule has 0 aliphatic carbocycles. The summed E-state index contributed by atoms with van der Waals surface area (Å²) in [4.78, 5) is 9.02. The molecular formula is C19H21N3O2. The number of fused-ring (bicyclic) bond motifs is 1. The number of aliphatic hydroxyl groups is 1. The smallest absolute Gasteiger partial charge is 0.298 e. The molecule has 1 unspecified atom stereocenters. The third-order valence-corrected chi connectivity index (χ3v) is 4.54. The number of para-hydroxylation sites is 2. The zero-order valence-corrected chi connectivity index (χ0v) is 13.5. The van der Waals surface area contributed by atoms with E-state index in [1.165, 1.54) is 0 Å². The average molecular weight is 323 g/mol. The fraction of sp³-hybridized carbons (Fsp3) is 0.316. The lowest BCUT2D eigenvalue weighted by Gasteiger charge is -2.34. The molecule has 0 saturated carbocycles. The molecule has 1 aliphatic heterocycles. The first-order valence-corrected chi connectivity index (χ1v) is 8.35. The molecule has 1 aliphatic rings. The van der Waals surface area contributed by atoms with Crippen molar-refractivity contribution in [2.45, 2.75) is 6.10 Å². The molecule has 0 radical (unpaired) electrons. The summed E-state index contributed by atoms with van der Waals surface area (Å²) in [6, 6.07) is 18.4. The van der Waals surface area contributed by atoms with Gasteiger partial charge in [0.15, 0.2) is 5.58 Å². The first-order chi connectivity index (χ1) is 11.8. The largest absolute Gasteiger partial charge is 0.423 e. The Bertz CT molecular complexity index is 761. The molecule has 0 bridgehead atoms. The Morgan fingerprint density at radius 2 is 1.67 bits per heavy atom. The van der Waals surface area contributed by atoms with Crippen LogP contribution in [0, 0.1) is 0 Å². The Labute approximate surface area is 141 Å². The van der Waals surface area contributed by atoms with E-state index < -0.39 is 6.10 Å². The van der Waals surface area contributed by atoms with Crippen LogP contribution in [0.3, 0.4) is 0 Å². The van der Waals surface area contributed by atoms with Gasteiger partial charge >= 0.3 is 0 Å². The zero-order valence-electron chi connectivity index (χ0n) is 13.5. The molecule has 0 amide bonds. The molecule has 3 aromatic rings. The zero-order chi connectivity index (χ0) is 16.4. The Morgan fingerprint density at radius 1 is 0.958 bits per heavy atom. The number of hydrogen-bond donors (Lipinski definition) is 1. The van der Waals surface area contributed by atoms with Crippen LogP contribution in [0.15, 0.2) is 59.0 Å². The number of oxazole rings is 1. The first kappa shape index (κ1) is 15.2. The summed E-state index contributed by atoms with van der Waals surface area (Å²) < 4.78 is 5.84. The van der Waals surface area contributed by atoms with Crippen molar-refractivity contribution < 1.29 is 9.52 Å². The van der Waals surface area contributed by atoms with Crippen LogP contribution >= 0.6 is 0 Å². The minimum Gasteiger partial charge on any atom is -0.423 e. The Kier molecular flexibility index (Phi) is 4.19. The van der Waals surface area contributed by atoms with Crippen LogP contribution in [0.5, 0.6) is 0 Å². The lowest BCUT2D eigenvalue weighted by atomic mass is 10.1. The molecule has 1 aromatic heterocycles. The van der Waals surface area contributed by atoms with Crippen molar-refractivity contribution in [3.8, 4) is 0 Å². The fourth-order valence-corrected chi connectivity index (χ4v) is 3.14.